The lowest BCUT2D eigenvalue weighted by atomic mass is 10.0. The third kappa shape index (κ3) is 4.07. The number of aryl methyl sites for hydroxylation is 2. The molecule has 3 nitrogen and oxygen atoms in total. The van der Waals surface area contributed by atoms with E-state index in [1.807, 2.05) is 61.5 Å². The van der Waals surface area contributed by atoms with Crippen molar-refractivity contribution < 1.29 is 14.3 Å². The maximum Gasteiger partial charge on any atom is 0.180 e. The number of benzene rings is 3. The number of carbonyl (C=O) groups is 1. The number of carbonyl (C=O) groups excluding carboxylic acids is 1. The van der Waals surface area contributed by atoms with Crippen LogP contribution in [0, 0.1) is 13.8 Å². The standard InChI is InChI=1S/C24H22O3S/c1-16-3-7-18(8-4-16)23(25)24(19-9-5-17(2)6-10-19)28-20-11-12-21-22(15-20)27-14-13-26-21/h3-12,15,24H,13-14H2,1-2H3/t24-/m1/s1. The van der Waals surface area contributed by atoms with Crippen molar-refractivity contribution in [3.8, 4) is 11.5 Å². The van der Waals surface area contributed by atoms with E-state index in [1.54, 1.807) is 11.8 Å². The molecule has 4 heteroatoms. The zero-order valence-electron chi connectivity index (χ0n) is 16.0. The van der Waals surface area contributed by atoms with Gasteiger partial charge in [-0.25, -0.2) is 0 Å². The Morgan fingerprint density at radius 2 is 1.43 bits per heavy atom. The molecule has 4 rings (SSSR count). The van der Waals surface area contributed by atoms with Crippen molar-refractivity contribution in [1.29, 1.82) is 0 Å². The van der Waals surface area contributed by atoms with Crippen LogP contribution in [0.25, 0.3) is 0 Å². The van der Waals surface area contributed by atoms with Crippen molar-refractivity contribution >= 4 is 17.5 Å². The van der Waals surface area contributed by atoms with Crippen molar-refractivity contribution in [2.45, 2.75) is 24.0 Å². The first-order chi connectivity index (χ1) is 13.6. The van der Waals surface area contributed by atoms with Gasteiger partial charge in [-0.3, -0.25) is 4.79 Å². The zero-order chi connectivity index (χ0) is 19.5. The van der Waals surface area contributed by atoms with Gasteiger partial charge in [0.15, 0.2) is 17.3 Å². The Morgan fingerprint density at radius 3 is 2.11 bits per heavy atom. The largest absolute Gasteiger partial charge is 0.486 e. The molecule has 142 valence electrons. The van der Waals surface area contributed by atoms with E-state index in [0.717, 1.165) is 33.1 Å². The number of ketones is 1. The van der Waals surface area contributed by atoms with Crippen LogP contribution in [0.15, 0.2) is 71.6 Å². The van der Waals surface area contributed by atoms with Gasteiger partial charge in [0, 0.05) is 10.5 Å². The molecule has 3 aromatic rings. The second-order valence-corrected chi connectivity index (χ2v) is 8.12. The Bertz CT molecular complexity index is 978. The summed E-state index contributed by atoms with van der Waals surface area (Å²) in [6, 6.07) is 21.8. The van der Waals surface area contributed by atoms with Gasteiger partial charge in [-0.2, -0.15) is 0 Å². The van der Waals surface area contributed by atoms with E-state index in [0.29, 0.717) is 13.2 Å². The van der Waals surface area contributed by atoms with Crippen LogP contribution in [0.1, 0.15) is 32.3 Å². The molecule has 0 unspecified atom stereocenters. The third-order valence-electron chi connectivity index (χ3n) is 4.72. The summed E-state index contributed by atoms with van der Waals surface area (Å²) < 4.78 is 11.3. The van der Waals surface area contributed by atoms with Gasteiger partial charge in [0.25, 0.3) is 0 Å². The lowest BCUT2D eigenvalue weighted by molar-refractivity contribution is 0.0989. The molecule has 0 saturated heterocycles. The van der Waals surface area contributed by atoms with Crippen LogP contribution in [0.4, 0.5) is 0 Å². The first kappa shape index (κ1) is 18.6. The molecule has 0 aromatic heterocycles. The first-order valence-corrected chi connectivity index (χ1v) is 10.2. The van der Waals surface area contributed by atoms with Crippen LogP contribution in [-0.4, -0.2) is 19.0 Å². The van der Waals surface area contributed by atoms with Gasteiger partial charge in [0.1, 0.15) is 13.2 Å². The van der Waals surface area contributed by atoms with Crippen LogP contribution >= 0.6 is 11.8 Å². The average molecular weight is 391 g/mol. The van der Waals surface area contributed by atoms with Crippen LogP contribution in [-0.2, 0) is 0 Å². The van der Waals surface area contributed by atoms with Crippen LogP contribution in [0.2, 0.25) is 0 Å². The smallest absolute Gasteiger partial charge is 0.180 e. The number of fused-ring (bicyclic) bond motifs is 1. The molecule has 0 radical (unpaired) electrons. The SMILES string of the molecule is Cc1ccc(C(=O)[C@H](Sc2ccc3c(c2)OCCO3)c2ccc(C)cc2)cc1. The summed E-state index contributed by atoms with van der Waals surface area (Å²) in [5.74, 6) is 1.60. The summed E-state index contributed by atoms with van der Waals surface area (Å²) in [7, 11) is 0. The zero-order valence-corrected chi connectivity index (χ0v) is 16.8. The van der Waals surface area contributed by atoms with E-state index < -0.39 is 0 Å². The van der Waals surface area contributed by atoms with Gasteiger partial charge in [-0.1, -0.05) is 59.7 Å². The third-order valence-corrected chi connectivity index (χ3v) is 5.97. The summed E-state index contributed by atoms with van der Waals surface area (Å²) in [4.78, 5) is 14.3. The first-order valence-electron chi connectivity index (χ1n) is 9.34. The molecule has 1 aliphatic rings. The van der Waals surface area contributed by atoms with Crippen molar-refractivity contribution in [3.05, 3.63) is 89.0 Å². The van der Waals surface area contributed by atoms with Crippen molar-refractivity contribution in [2.75, 3.05) is 13.2 Å². The van der Waals surface area contributed by atoms with Crippen LogP contribution < -0.4 is 9.47 Å². The number of ether oxygens (including phenoxy) is 2. The lowest BCUT2D eigenvalue weighted by Crippen LogP contribution is -2.15. The Kier molecular flexibility index (Phi) is 5.40. The maximum absolute atomic E-state index is 13.4. The minimum absolute atomic E-state index is 0.101. The Labute approximate surface area is 169 Å². The highest BCUT2D eigenvalue weighted by molar-refractivity contribution is 8.00. The Hall–Kier alpha value is -2.72. The van der Waals surface area contributed by atoms with Crippen LogP contribution in [0.3, 0.4) is 0 Å². The molecule has 3 aromatic carbocycles. The molecule has 1 aliphatic heterocycles. The second kappa shape index (κ2) is 8.11. The van der Waals surface area contributed by atoms with Gasteiger partial charge >= 0.3 is 0 Å². The number of rotatable bonds is 5. The van der Waals surface area contributed by atoms with Gasteiger partial charge < -0.3 is 9.47 Å². The molecular weight excluding hydrogens is 368 g/mol. The molecule has 0 bridgehead atoms. The Balaban J connectivity index is 1.67. The fraction of sp³-hybridized carbons (Fsp3) is 0.208. The van der Waals surface area contributed by atoms with Crippen LogP contribution in [0.5, 0.6) is 11.5 Å². The molecule has 1 heterocycles. The van der Waals surface area contributed by atoms with E-state index in [2.05, 4.69) is 19.1 Å². The minimum atomic E-state index is -0.328. The molecule has 0 spiro atoms. The monoisotopic (exact) mass is 390 g/mol. The lowest BCUT2D eigenvalue weighted by Gasteiger charge is -2.20. The highest BCUT2D eigenvalue weighted by atomic mass is 32.2. The number of thioether (sulfide) groups is 1. The molecule has 0 amide bonds. The highest BCUT2D eigenvalue weighted by Crippen LogP contribution is 2.41. The predicted octanol–water partition coefficient (Wildman–Crippen LogP) is 5.79. The normalized spacial score (nSPS) is 13.8. The van der Waals surface area contributed by atoms with E-state index in [1.165, 1.54) is 5.56 Å². The number of hydrogen-bond donors (Lipinski definition) is 0. The fourth-order valence-corrected chi connectivity index (χ4v) is 4.25. The van der Waals surface area contributed by atoms with Crippen molar-refractivity contribution in [3.63, 3.8) is 0 Å². The molecule has 0 N–H and O–H groups in total. The minimum Gasteiger partial charge on any atom is -0.486 e. The van der Waals surface area contributed by atoms with Gasteiger partial charge in [0.05, 0.1) is 5.25 Å². The molecule has 0 saturated carbocycles. The van der Waals surface area contributed by atoms with E-state index in [-0.39, 0.29) is 11.0 Å². The summed E-state index contributed by atoms with van der Waals surface area (Å²) in [6.07, 6.45) is 0. The molecular formula is C24H22O3S. The van der Waals surface area contributed by atoms with Crippen molar-refractivity contribution in [2.24, 2.45) is 0 Å². The quantitative estimate of drug-likeness (QED) is 0.408. The number of Topliss-reactive ketones (excluding diaryl/α,β-unsaturated/α-hetero) is 1. The highest BCUT2D eigenvalue weighted by Gasteiger charge is 2.24. The summed E-state index contributed by atoms with van der Waals surface area (Å²) >= 11 is 1.54. The fourth-order valence-electron chi connectivity index (χ4n) is 3.12. The van der Waals surface area contributed by atoms with E-state index in [9.17, 15) is 4.79 Å². The summed E-state index contributed by atoms with van der Waals surface area (Å²) in [6.45, 7) is 5.19. The van der Waals surface area contributed by atoms with E-state index >= 15 is 0 Å². The topological polar surface area (TPSA) is 35.5 Å². The second-order valence-electron chi connectivity index (χ2n) is 6.94. The summed E-state index contributed by atoms with van der Waals surface area (Å²) in [5, 5.41) is -0.328. The van der Waals surface area contributed by atoms with E-state index in [4.69, 9.17) is 9.47 Å². The molecule has 1 atom stereocenters. The molecule has 28 heavy (non-hydrogen) atoms. The predicted molar refractivity (Wildman–Crippen MR) is 113 cm³/mol. The Morgan fingerprint density at radius 1 is 0.821 bits per heavy atom. The summed E-state index contributed by atoms with van der Waals surface area (Å²) in [5.41, 5.74) is 4.04. The van der Waals surface area contributed by atoms with Gasteiger partial charge in [-0.05, 0) is 37.6 Å². The number of hydrogen-bond acceptors (Lipinski definition) is 4. The van der Waals surface area contributed by atoms with Gasteiger partial charge in [-0.15, -0.1) is 11.8 Å². The molecule has 0 aliphatic carbocycles. The van der Waals surface area contributed by atoms with Crippen molar-refractivity contribution in [1.82, 2.24) is 0 Å². The molecule has 0 fully saturated rings. The average Bonchev–Trinajstić information content (AvgIpc) is 2.73. The maximum atomic E-state index is 13.4. The van der Waals surface area contributed by atoms with Gasteiger partial charge in [0.2, 0.25) is 0 Å².